The van der Waals surface area contributed by atoms with Gasteiger partial charge in [0.2, 0.25) is 0 Å². The van der Waals surface area contributed by atoms with Gasteiger partial charge in [-0.3, -0.25) is 0 Å². The Morgan fingerprint density at radius 2 is 1.90 bits per heavy atom. The summed E-state index contributed by atoms with van der Waals surface area (Å²) in [5, 5.41) is 3.18. The smallest absolute Gasteiger partial charge is 0.156 e. The molecule has 0 atom stereocenters. The monoisotopic (exact) mass is 299 g/mol. The molecule has 0 spiro atoms. The van der Waals surface area contributed by atoms with Crippen LogP contribution in [0.1, 0.15) is 26.3 Å². The molecular formula is C15H25NO3S. The highest BCUT2D eigenvalue weighted by Gasteiger charge is 2.27. The number of ether oxygens (including phenoxy) is 1. The third-order valence-corrected chi connectivity index (χ3v) is 5.81. The van der Waals surface area contributed by atoms with Gasteiger partial charge in [-0.25, -0.2) is 8.42 Å². The summed E-state index contributed by atoms with van der Waals surface area (Å²) in [5.41, 5.74) is 1.18. The third kappa shape index (κ3) is 5.13. The fourth-order valence-corrected chi connectivity index (χ4v) is 2.72. The van der Waals surface area contributed by atoms with Gasteiger partial charge in [0.05, 0.1) is 17.6 Å². The molecule has 0 aliphatic carbocycles. The highest BCUT2D eigenvalue weighted by Crippen LogP contribution is 2.15. The fraction of sp³-hybridized carbons (Fsp3) is 0.600. The van der Waals surface area contributed by atoms with Gasteiger partial charge in [-0.15, -0.1) is 0 Å². The predicted octanol–water partition coefficient (Wildman–Crippen LogP) is 2.04. The number of methoxy groups -OCH3 is 1. The first kappa shape index (κ1) is 17.0. The Bertz CT molecular complexity index is 518. The van der Waals surface area contributed by atoms with Crippen molar-refractivity contribution in [2.45, 2.75) is 31.9 Å². The van der Waals surface area contributed by atoms with E-state index in [-0.39, 0.29) is 5.75 Å². The normalized spacial score (nSPS) is 12.4. The van der Waals surface area contributed by atoms with E-state index in [1.165, 1.54) is 5.56 Å². The van der Waals surface area contributed by atoms with Gasteiger partial charge < -0.3 is 10.1 Å². The van der Waals surface area contributed by atoms with Gasteiger partial charge in [0.1, 0.15) is 5.75 Å². The van der Waals surface area contributed by atoms with Crippen molar-refractivity contribution in [2.24, 2.45) is 0 Å². The third-order valence-electron chi connectivity index (χ3n) is 3.21. The number of sulfone groups is 1. The lowest BCUT2D eigenvalue weighted by atomic mass is 10.1. The minimum absolute atomic E-state index is 0.175. The van der Waals surface area contributed by atoms with Crippen LogP contribution < -0.4 is 10.1 Å². The van der Waals surface area contributed by atoms with Crippen LogP contribution in [0.2, 0.25) is 0 Å². The average Bonchev–Trinajstić information content (AvgIpc) is 2.37. The first-order valence-corrected chi connectivity index (χ1v) is 8.47. The van der Waals surface area contributed by atoms with Crippen molar-refractivity contribution in [3.63, 3.8) is 0 Å². The molecule has 4 nitrogen and oxygen atoms in total. The van der Waals surface area contributed by atoms with Crippen molar-refractivity contribution in [2.75, 3.05) is 26.0 Å². The van der Waals surface area contributed by atoms with E-state index in [0.29, 0.717) is 6.54 Å². The molecule has 0 unspecified atom stereocenters. The summed E-state index contributed by atoms with van der Waals surface area (Å²) < 4.78 is 28.3. The van der Waals surface area contributed by atoms with Gasteiger partial charge in [0.15, 0.2) is 9.84 Å². The van der Waals surface area contributed by atoms with Crippen LogP contribution in [0.5, 0.6) is 5.75 Å². The Hall–Kier alpha value is -1.07. The number of nitrogens with one attached hydrogen (secondary N) is 1. The van der Waals surface area contributed by atoms with E-state index in [1.54, 1.807) is 27.9 Å². The molecule has 5 heteroatoms. The van der Waals surface area contributed by atoms with Gasteiger partial charge in [-0.2, -0.15) is 0 Å². The van der Waals surface area contributed by atoms with Crippen LogP contribution in [-0.2, 0) is 16.3 Å². The summed E-state index contributed by atoms with van der Waals surface area (Å²) >= 11 is 0. The summed E-state index contributed by atoms with van der Waals surface area (Å²) in [7, 11) is -1.39. The molecule has 1 aromatic carbocycles. The van der Waals surface area contributed by atoms with Crippen molar-refractivity contribution < 1.29 is 13.2 Å². The maximum atomic E-state index is 11.9. The maximum Gasteiger partial charge on any atom is 0.156 e. The number of hydrogen-bond acceptors (Lipinski definition) is 4. The SMILES string of the molecule is COc1cccc(CCNCCS(=O)(=O)C(C)(C)C)c1. The van der Waals surface area contributed by atoms with E-state index in [1.807, 2.05) is 24.3 Å². The summed E-state index contributed by atoms with van der Waals surface area (Å²) in [6.07, 6.45) is 0.854. The Labute approximate surface area is 122 Å². The van der Waals surface area contributed by atoms with Gasteiger partial charge in [-0.05, 0) is 51.4 Å². The van der Waals surface area contributed by atoms with E-state index in [0.717, 1.165) is 18.7 Å². The van der Waals surface area contributed by atoms with Gasteiger partial charge in [0, 0.05) is 6.54 Å². The van der Waals surface area contributed by atoms with E-state index in [9.17, 15) is 8.42 Å². The zero-order valence-corrected chi connectivity index (χ0v) is 13.6. The lowest BCUT2D eigenvalue weighted by Gasteiger charge is -2.19. The lowest BCUT2D eigenvalue weighted by Crippen LogP contribution is -2.35. The Kier molecular flexibility index (Phi) is 6.02. The summed E-state index contributed by atoms with van der Waals surface area (Å²) in [4.78, 5) is 0. The molecule has 0 heterocycles. The van der Waals surface area contributed by atoms with Crippen molar-refractivity contribution in [1.29, 1.82) is 0 Å². The molecule has 0 saturated heterocycles. The lowest BCUT2D eigenvalue weighted by molar-refractivity contribution is 0.414. The molecule has 114 valence electrons. The topological polar surface area (TPSA) is 55.4 Å². The van der Waals surface area contributed by atoms with Crippen LogP contribution in [0.4, 0.5) is 0 Å². The van der Waals surface area contributed by atoms with Gasteiger partial charge in [-0.1, -0.05) is 12.1 Å². The van der Waals surface area contributed by atoms with Gasteiger partial charge in [0.25, 0.3) is 0 Å². The van der Waals surface area contributed by atoms with E-state index >= 15 is 0 Å². The van der Waals surface area contributed by atoms with Crippen LogP contribution in [0.3, 0.4) is 0 Å². The second-order valence-electron chi connectivity index (χ2n) is 5.78. The minimum Gasteiger partial charge on any atom is -0.497 e. The zero-order chi connectivity index (χ0) is 15.2. The van der Waals surface area contributed by atoms with Crippen LogP contribution >= 0.6 is 0 Å². The molecule has 1 aromatic rings. The van der Waals surface area contributed by atoms with Gasteiger partial charge >= 0.3 is 0 Å². The second kappa shape index (κ2) is 7.09. The molecule has 20 heavy (non-hydrogen) atoms. The number of hydrogen-bond donors (Lipinski definition) is 1. The largest absolute Gasteiger partial charge is 0.497 e. The quantitative estimate of drug-likeness (QED) is 0.783. The highest BCUT2D eigenvalue weighted by atomic mass is 32.2. The molecule has 1 rings (SSSR count). The first-order valence-electron chi connectivity index (χ1n) is 6.82. The molecule has 0 aliphatic rings. The molecule has 0 aliphatic heterocycles. The molecule has 0 aromatic heterocycles. The summed E-state index contributed by atoms with van der Waals surface area (Å²) in [6.45, 7) is 6.45. The summed E-state index contributed by atoms with van der Waals surface area (Å²) in [6, 6.07) is 7.90. The van der Waals surface area contributed by atoms with Crippen LogP contribution in [0.15, 0.2) is 24.3 Å². The van der Waals surface area contributed by atoms with E-state index in [4.69, 9.17) is 4.74 Å². The summed E-state index contributed by atoms with van der Waals surface area (Å²) in [5.74, 6) is 1.02. The molecule has 0 amide bonds. The molecule has 1 N–H and O–H groups in total. The van der Waals surface area contributed by atoms with Crippen molar-refractivity contribution in [1.82, 2.24) is 5.32 Å². The van der Waals surface area contributed by atoms with Crippen molar-refractivity contribution in [3.8, 4) is 5.75 Å². The molecule has 0 saturated carbocycles. The molecule has 0 fully saturated rings. The first-order chi connectivity index (χ1) is 9.26. The number of benzene rings is 1. The zero-order valence-electron chi connectivity index (χ0n) is 12.8. The molecule has 0 bridgehead atoms. The van der Waals surface area contributed by atoms with Crippen LogP contribution in [0, 0.1) is 0 Å². The van der Waals surface area contributed by atoms with E-state index in [2.05, 4.69) is 5.32 Å². The Morgan fingerprint density at radius 1 is 1.20 bits per heavy atom. The van der Waals surface area contributed by atoms with Crippen LogP contribution in [0.25, 0.3) is 0 Å². The molecular weight excluding hydrogens is 274 g/mol. The predicted molar refractivity (Wildman–Crippen MR) is 83.1 cm³/mol. The van der Waals surface area contributed by atoms with E-state index < -0.39 is 14.6 Å². The average molecular weight is 299 g/mol. The standard InChI is InChI=1S/C15H25NO3S/c1-15(2,3)20(17,18)11-10-16-9-8-13-6-5-7-14(12-13)19-4/h5-7,12,16H,8-11H2,1-4H3. The Morgan fingerprint density at radius 3 is 2.50 bits per heavy atom. The number of rotatable bonds is 7. The minimum atomic E-state index is -3.04. The van der Waals surface area contributed by atoms with Crippen molar-refractivity contribution >= 4 is 9.84 Å². The van der Waals surface area contributed by atoms with Crippen LogP contribution in [-0.4, -0.2) is 39.1 Å². The Balaban J connectivity index is 2.32. The van der Waals surface area contributed by atoms with Crippen molar-refractivity contribution in [3.05, 3.63) is 29.8 Å². The maximum absolute atomic E-state index is 11.9. The fourth-order valence-electron chi connectivity index (χ4n) is 1.70. The molecule has 0 radical (unpaired) electrons. The highest BCUT2D eigenvalue weighted by molar-refractivity contribution is 7.92. The second-order valence-corrected chi connectivity index (χ2v) is 8.65.